The van der Waals surface area contributed by atoms with Crippen molar-refractivity contribution in [2.45, 2.75) is 13.8 Å². The molecule has 2 aromatic rings. The van der Waals surface area contributed by atoms with Crippen LogP contribution in [0.25, 0.3) is 0 Å². The van der Waals surface area contributed by atoms with Gasteiger partial charge in [-0.05, 0) is 43.7 Å². The van der Waals surface area contributed by atoms with Crippen LogP contribution in [0.5, 0.6) is 5.75 Å². The molecule has 0 radical (unpaired) electrons. The predicted molar refractivity (Wildman–Crippen MR) is 74.6 cm³/mol. The molecule has 1 aromatic carbocycles. The zero-order valence-corrected chi connectivity index (χ0v) is 11.4. The average molecular weight is 261 g/mol. The second kappa shape index (κ2) is 4.82. The van der Waals surface area contributed by atoms with Crippen LogP contribution in [0.4, 0.5) is 5.69 Å². The Morgan fingerprint density at radius 1 is 1.28 bits per heavy atom. The van der Waals surface area contributed by atoms with E-state index in [4.69, 9.17) is 10.5 Å². The molecule has 0 atom stereocenters. The van der Waals surface area contributed by atoms with Crippen molar-refractivity contribution in [2.24, 2.45) is 0 Å². The van der Waals surface area contributed by atoms with Crippen LogP contribution in [0.2, 0.25) is 0 Å². The smallest absolute Gasteiger partial charge is 0.207 e. The first-order chi connectivity index (χ1) is 8.52. The third kappa shape index (κ3) is 2.24. The average Bonchev–Trinajstić information content (AvgIpc) is 2.67. The molecule has 0 fully saturated rings. The summed E-state index contributed by atoms with van der Waals surface area (Å²) in [5, 5.41) is 0. The summed E-state index contributed by atoms with van der Waals surface area (Å²) in [6.45, 7) is 3.93. The summed E-state index contributed by atoms with van der Waals surface area (Å²) < 4.78 is 5.22. The van der Waals surface area contributed by atoms with Gasteiger partial charge in [0.2, 0.25) is 5.78 Å². The Kier molecular flexibility index (Phi) is 3.39. The van der Waals surface area contributed by atoms with E-state index >= 15 is 0 Å². The number of methoxy groups -OCH3 is 1. The molecule has 3 nitrogen and oxygen atoms in total. The first kappa shape index (κ1) is 12.6. The molecule has 94 valence electrons. The molecule has 0 aliphatic carbocycles. The molecule has 1 heterocycles. The predicted octanol–water partition coefficient (Wildman–Crippen LogP) is 3.19. The van der Waals surface area contributed by atoms with E-state index in [1.165, 1.54) is 11.3 Å². The fourth-order valence-electron chi connectivity index (χ4n) is 1.89. The minimum atomic E-state index is -0.0326. The third-order valence-electron chi connectivity index (χ3n) is 2.72. The summed E-state index contributed by atoms with van der Waals surface area (Å²) in [6, 6.07) is 7.12. The van der Waals surface area contributed by atoms with Crippen molar-refractivity contribution in [2.75, 3.05) is 12.8 Å². The maximum Gasteiger partial charge on any atom is 0.207 e. The summed E-state index contributed by atoms with van der Waals surface area (Å²) >= 11 is 1.50. The molecule has 4 heteroatoms. The minimum Gasteiger partial charge on any atom is -0.496 e. The molecular formula is C14H15NO2S. The van der Waals surface area contributed by atoms with E-state index in [2.05, 4.69) is 0 Å². The molecule has 0 amide bonds. The number of anilines is 1. The molecule has 2 N–H and O–H groups in total. The third-order valence-corrected chi connectivity index (χ3v) is 3.87. The lowest BCUT2D eigenvalue weighted by Gasteiger charge is -2.08. The molecule has 0 aliphatic rings. The number of nitrogens with two attached hydrogens (primary N) is 1. The first-order valence-electron chi connectivity index (χ1n) is 5.58. The van der Waals surface area contributed by atoms with Crippen molar-refractivity contribution in [1.82, 2.24) is 0 Å². The van der Waals surface area contributed by atoms with Crippen LogP contribution >= 0.6 is 11.3 Å². The van der Waals surface area contributed by atoms with Gasteiger partial charge >= 0.3 is 0 Å². The maximum absolute atomic E-state index is 12.5. The number of hydrogen-bond acceptors (Lipinski definition) is 4. The molecule has 1 aromatic heterocycles. The lowest BCUT2D eigenvalue weighted by Crippen LogP contribution is -2.04. The Hall–Kier alpha value is -1.81. The molecule has 0 unspecified atom stereocenters. The van der Waals surface area contributed by atoms with E-state index in [0.717, 1.165) is 15.3 Å². The monoisotopic (exact) mass is 261 g/mol. The number of ether oxygens (including phenoxy) is 1. The summed E-state index contributed by atoms with van der Waals surface area (Å²) in [5.74, 6) is 0.523. The number of benzene rings is 1. The number of carbonyl (C=O) groups is 1. The van der Waals surface area contributed by atoms with Crippen LogP contribution in [0.1, 0.15) is 25.7 Å². The number of hydrogen-bond donors (Lipinski definition) is 1. The molecule has 0 bridgehead atoms. The van der Waals surface area contributed by atoms with Crippen molar-refractivity contribution >= 4 is 22.8 Å². The summed E-state index contributed by atoms with van der Waals surface area (Å²) in [6.07, 6.45) is 0. The first-order valence-corrected chi connectivity index (χ1v) is 6.40. The molecule has 18 heavy (non-hydrogen) atoms. The van der Waals surface area contributed by atoms with Gasteiger partial charge in [0.05, 0.1) is 17.6 Å². The second-order valence-corrected chi connectivity index (χ2v) is 5.41. The Labute approximate surface area is 110 Å². The Morgan fingerprint density at radius 2 is 2.00 bits per heavy atom. The normalized spacial score (nSPS) is 10.4. The molecule has 0 aliphatic heterocycles. The van der Waals surface area contributed by atoms with Crippen LogP contribution in [-0.4, -0.2) is 12.9 Å². The molecule has 0 spiro atoms. The summed E-state index contributed by atoms with van der Waals surface area (Å²) in [5.41, 5.74) is 7.81. The van der Waals surface area contributed by atoms with E-state index in [1.54, 1.807) is 25.3 Å². The van der Waals surface area contributed by atoms with Crippen molar-refractivity contribution < 1.29 is 9.53 Å². The van der Waals surface area contributed by atoms with E-state index in [9.17, 15) is 4.79 Å². The fraction of sp³-hybridized carbons (Fsp3) is 0.214. The van der Waals surface area contributed by atoms with Gasteiger partial charge in [0.1, 0.15) is 5.75 Å². The Bertz CT molecular complexity index is 602. The van der Waals surface area contributed by atoms with Crippen LogP contribution < -0.4 is 10.5 Å². The Balaban J connectivity index is 2.51. The lowest BCUT2D eigenvalue weighted by molar-refractivity contribution is 0.103. The van der Waals surface area contributed by atoms with Gasteiger partial charge in [-0.3, -0.25) is 4.79 Å². The van der Waals surface area contributed by atoms with Gasteiger partial charge in [0, 0.05) is 10.6 Å². The highest BCUT2D eigenvalue weighted by molar-refractivity contribution is 7.14. The Morgan fingerprint density at radius 3 is 2.56 bits per heavy atom. The lowest BCUT2D eigenvalue weighted by atomic mass is 10.1. The molecular weight excluding hydrogens is 246 g/mol. The molecule has 0 saturated heterocycles. The van der Waals surface area contributed by atoms with Crippen LogP contribution in [0.3, 0.4) is 0 Å². The van der Waals surface area contributed by atoms with E-state index < -0.39 is 0 Å². The summed E-state index contributed by atoms with van der Waals surface area (Å²) in [4.78, 5) is 14.4. The van der Waals surface area contributed by atoms with Gasteiger partial charge in [0.15, 0.2) is 0 Å². The van der Waals surface area contributed by atoms with Gasteiger partial charge in [-0.1, -0.05) is 0 Å². The number of carbonyl (C=O) groups excluding carboxylic acids is 1. The number of rotatable bonds is 3. The van der Waals surface area contributed by atoms with Gasteiger partial charge in [-0.25, -0.2) is 0 Å². The standard InChI is InChI=1S/C14H15NO2S/c1-8-6-9(2)18-14(8)13(16)11-7-10(15)4-5-12(11)17-3/h4-7H,15H2,1-3H3. The van der Waals surface area contributed by atoms with Crippen LogP contribution in [0, 0.1) is 13.8 Å². The van der Waals surface area contributed by atoms with Crippen molar-refractivity contribution in [1.29, 1.82) is 0 Å². The van der Waals surface area contributed by atoms with Crippen molar-refractivity contribution in [3.8, 4) is 5.75 Å². The largest absolute Gasteiger partial charge is 0.496 e. The molecule has 2 rings (SSSR count). The SMILES string of the molecule is COc1ccc(N)cc1C(=O)c1sc(C)cc1C. The number of thiophene rings is 1. The van der Waals surface area contributed by atoms with Crippen LogP contribution in [0.15, 0.2) is 24.3 Å². The minimum absolute atomic E-state index is 0.0326. The topological polar surface area (TPSA) is 52.3 Å². The van der Waals surface area contributed by atoms with E-state index in [0.29, 0.717) is 17.0 Å². The highest BCUT2D eigenvalue weighted by Crippen LogP contribution is 2.29. The number of nitrogen functional groups attached to an aromatic ring is 1. The zero-order chi connectivity index (χ0) is 13.3. The highest BCUT2D eigenvalue weighted by atomic mass is 32.1. The zero-order valence-electron chi connectivity index (χ0n) is 10.6. The van der Waals surface area contributed by atoms with Gasteiger partial charge in [-0.2, -0.15) is 0 Å². The number of ketones is 1. The summed E-state index contributed by atoms with van der Waals surface area (Å²) in [7, 11) is 1.55. The second-order valence-electron chi connectivity index (χ2n) is 4.16. The molecule has 0 saturated carbocycles. The van der Waals surface area contributed by atoms with E-state index in [-0.39, 0.29) is 5.78 Å². The highest BCUT2D eigenvalue weighted by Gasteiger charge is 2.18. The van der Waals surface area contributed by atoms with Gasteiger partial charge in [0.25, 0.3) is 0 Å². The van der Waals surface area contributed by atoms with Gasteiger partial charge < -0.3 is 10.5 Å². The maximum atomic E-state index is 12.5. The van der Waals surface area contributed by atoms with Gasteiger partial charge in [-0.15, -0.1) is 11.3 Å². The fourth-order valence-corrected chi connectivity index (χ4v) is 2.87. The van der Waals surface area contributed by atoms with E-state index in [1.807, 2.05) is 19.9 Å². The van der Waals surface area contributed by atoms with Crippen LogP contribution in [-0.2, 0) is 0 Å². The van der Waals surface area contributed by atoms with Crippen molar-refractivity contribution in [3.63, 3.8) is 0 Å². The quantitative estimate of drug-likeness (QED) is 0.682. The van der Waals surface area contributed by atoms with Crippen molar-refractivity contribution in [3.05, 3.63) is 45.1 Å². The number of aryl methyl sites for hydroxylation is 2.